The molecule has 6 nitrogen and oxygen atoms in total. The predicted octanol–water partition coefficient (Wildman–Crippen LogP) is 4.22. The van der Waals surface area contributed by atoms with Gasteiger partial charge in [0.1, 0.15) is 5.52 Å². The third-order valence-electron chi connectivity index (χ3n) is 5.26. The Labute approximate surface area is 169 Å². The average Bonchev–Trinajstić information content (AvgIpc) is 3.09. The van der Waals surface area contributed by atoms with Crippen LogP contribution in [0.2, 0.25) is 0 Å². The molecule has 140 valence electrons. The summed E-state index contributed by atoms with van der Waals surface area (Å²) in [5.41, 5.74) is 6.88. The number of fused-ring (bicyclic) bond motifs is 4. The number of halogens is 1. The van der Waals surface area contributed by atoms with E-state index in [1.165, 1.54) is 18.4 Å². The molecule has 5 rings (SSSR count). The van der Waals surface area contributed by atoms with Crippen molar-refractivity contribution in [2.75, 3.05) is 18.6 Å². The number of H-pyrrole nitrogens is 1. The van der Waals surface area contributed by atoms with Gasteiger partial charge in [0.25, 0.3) is 0 Å². The molecule has 0 saturated carbocycles. The molecule has 7 heteroatoms. The van der Waals surface area contributed by atoms with Gasteiger partial charge in [-0.2, -0.15) is 0 Å². The van der Waals surface area contributed by atoms with Crippen molar-refractivity contribution in [1.82, 2.24) is 15.0 Å². The summed E-state index contributed by atoms with van der Waals surface area (Å²) >= 11 is 3.46. The number of pyridine rings is 2. The first-order chi connectivity index (χ1) is 13.6. The van der Waals surface area contributed by atoms with Crippen LogP contribution >= 0.6 is 15.9 Å². The number of aromatic amines is 1. The van der Waals surface area contributed by atoms with Crippen molar-refractivity contribution in [1.29, 1.82) is 0 Å². The van der Waals surface area contributed by atoms with E-state index < -0.39 is 0 Å². The van der Waals surface area contributed by atoms with Crippen molar-refractivity contribution < 1.29 is 9.53 Å². The summed E-state index contributed by atoms with van der Waals surface area (Å²) in [6.45, 7) is 1.64. The molecule has 1 N–H and O–H groups in total. The Morgan fingerprint density at radius 2 is 2.14 bits per heavy atom. The predicted molar refractivity (Wildman–Crippen MR) is 112 cm³/mol. The van der Waals surface area contributed by atoms with E-state index in [0.29, 0.717) is 5.56 Å². The Bertz CT molecular complexity index is 1230. The molecule has 4 heterocycles. The zero-order chi connectivity index (χ0) is 19.3. The van der Waals surface area contributed by atoms with Gasteiger partial charge >= 0.3 is 5.97 Å². The summed E-state index contributed by atoms with van der Waals surface area (Å²) in [5, 5.41) is 1.07. The van der Waals surface area contributed by atoms with Crippen LogP contribution in [-0.4, -0.2) is 34.6 Å². The third kappa shape index (κ3) is 2.74. The van der Waals surface area contributed by atoms with Crippen LogP contribution in [0.4, 0.5) is 5.69 Å². The maximum absolute atomic E-state index is 11.9. The van der Waals surface area contributed by atoms with Gasteiger partial charge in [0.05, 0.1) is 23.9 Å². The van der Waals surface area contributed by atoms with Gasteiger partial charge in [0.2, 0.25) is 0 Å². The third-order valence-corrected chi connectivity index (χ3v) is 5.69. The van der Waals surface area contributed by atoms with Crippen LogP contribution in [0.1, 0.15) is 21.6 Å². The first-order valence-corrected chi connectivity index (χ1v) is 9.80. The van der Waals surface area contributed by atoms with Gasteiger partial charge in [0.15, 0.2) is 0 Å². The summed E-state index contributed by atoms with van der Waals surface area (Å²) in [4.78, 5) is 26.8. The van der Waals surface area contributed by atoms with Gasteiger partial charge in [-0.3, -0.25) is 9.97 Å². The summed E-state index contributed by atoms with van der Waals surface area (Å²) in [5.74, 6) is -0.320. The Hall–Kier alpha value is -2.93. The molecule has 0 fully saturated rings. The van der Waals surface area contributed by atoms with Crippen LogP contribution in [0.5, 0.6) is 0 Å². The van der Waals surface area contributed by atoms with E-state index in [4.69, 9.17) is 4.74 Å². The summed E-state index contributed by atoms with van der Waals surface area (Å²) in [6, 6.07) is 9.66. The summed E-state index contributed by atoms with van der Waals surface area (Å²) < 4.78 is 5.79. The number of hydrogen-bond acceptors (Lipinski definition) is 5. The molecule has 0 unspecified atom stereocenters. The highest BCUT2D eigenvalue weighted by Crippen LogP contribution is 2.33. The average molecular weight is 437 g/mol. The number of aromatic nitrogens is 3. The van der Waals surface area contributed by atoms with Crippen LogP contribution in [0, 0.1) is 0 Å². The van der Waals surface area contributed by atoms with Crippen LogP contribution in [0.25, 0.3) is 21.9 Å². The van der Waals surface area contributed by atoms with Crippen molar-refractivity contribution in [3.63, 3.8) is 0 Å². The lowest BCUT2D eigenvalue weighted by Gasteiger charge is -2.29. The minimum absolute atomic E-state index is 0.320. The smallest absolute Gasteiger partial charge is 0.337 e. The maximum atomic E-state index is 11.9. The summed E-state index contributed by atoms with van der Waals surface area (Å²) in [7, 11) is 1.40. The molecule has 4 aromatic rings. The zero-order valence-corrected chi connectivity index (χ0v) is 16.8. The largest absolute Gasteiger partial charge is 0.465 e. The molecule has 0 radical (unpaired) electrons. The SMILES string of the molecule is COC(=O)c1ccc2[nH]c3c(c2c1)CN(c1ccnc2cc(Br)cnc12)CC3. The molecule has 1 aliphatic rings. The lowest BCUT2D eigenvalue weighted by molar-refractivity contribution is 0.0601. The number of methoxy groups -OCH3 is 1. The van der Waals surface area contributed by atoms with E-state index in [2.05, 4.69) is 35.8 Å². The first kappa shape index (κ1) is 17.2. The number of ether oxygens (including phenoxy) is 1. The molecule has 3 aromatic heterocycles. The summed E-state index contributed by atoms with van der Waals surface area (Å²) in [6.07, 6.45) is 4.53. The fraction of sp³-hybridized carbons (Fsp3) is 0.190. The van der Waals surface area contributed by atoms with Gasteiger partial charge in [-0.25, -0.2) is 4.79 Å². The van der Waals surface area contributed by atoms with Crippen molar-refractivity contribution >= 4 is 49.5 Å². The van der Waals surface area contributed by atoms with Gasteiger partial charge in [-0.15, -0.1) is 0 Å². The number of carbonyl (C=O) groups excluding carboxylic acids is 1. The number of benzene rings is 1. The van der Waals surface area contributed by atoms with E-state index in [1.54, 1.807) is 12.3 Å². The molecule has 0 aliphatic carbocycles. The number of nitrogens with zero attached hydrogens (tertiary/aromatic N) is 3. The first-order valence-electron chi connectivity index (χ1n) is 9.01. The topological polar surface area (TPSA) is 71.1 Å². The monoisotopic (exact) mass is 436 g/mol. The van der Waals surface area contributed by atoms with Crippen molar-refractivity contribution in [2.24, 2.45) is 0 Å². The molecule has 1 aromatic carbocycles. The second-order valence-corrected chi connectivity index (χ2v) is 7.77. The fourth-order valence-corrected chi connectivity index (χ4v) is 4.23. The molecule has 0 saturated heterocycles. The quantitative estimate of drug-likeness (QED) is 0.476. The van der Waals surface area contributed by atoms with Gasteiger partial charge < -0.3 is 14.6 Å². The highest BCUT2D eigenvalue weighted by molar-refractivity contribution is 9.10. The molecule has 0 bridgehead atoms. The number of rotatable bonds is 2. The normalized spacial score (nSPS) is 13.7. The van der Waals surface area contributed by atoms with Gasteiger partial charge in [0, 0.05) is 58.5 Å². The van der Waals surface area contributed by atoms with E-state index in [1.807, 2.05) is 30.5 Å². The van der Waals surface area contributed by atoms with Crippen LogP contribution in [0.3, 0.4) is 0 Å². The minimum atomic E-state index is -0.320. The Balaban J connectivity index is 1.59. The molecule has 1 aliphatic heterocycles. The molecule has 0 atom stereocenters. The number of anilines is 1. The molecular weight excluding hydrogens is 420 g/mol. The maximum Gasteiger partial charge on any atom is 0.337 e. The Kier molecular flexibility index (Phi) is 4.05. The van der Waals surface area contributed by atoms with E-state index >= 15 is 0 Å². The number of hydrogen-bond donors (Lipinski definition) is 1. The standard InChI is InChI=1S/C21H17BrN4O2/c1-28-21(27)12-2-3-16-14(8-12)15-11-26(7-5-17(15)25-16)19-4-6-23-18-9-13(22)10-24-20(18)19/h2-4,6,8-10,25H,5,7,11H2,1H3. The van der Waals surface area contributed by atoms with E-state index in [-0.39, 0.29) is 5.97 Å². The fourth-order valence-electron chi connectivity index (χ4n) is 3.91. The number of esters is 1. The Morgan fingerprint density at radius 3 is 3.00 bits per heavy atom. The lowest BCUT2D eigenvalue weighted by Crippen LogP contribution is -2.30. The van der Waals surface area contributed by atoms with Gasteiger partial charge in [-0.05, 0) is 46.3 Å². The van der Waals surface area contributed by atoms with Crippen molar-refractivity contribution in [3.05, 3.63) is 64.0 Å². The number of nitrogens with one attached hydrogen (secondary N) is 1. The zero-order valence-electron chi connectivity index (χ0n) is 15.2. The second-order valence-electron chi connectivity index (χ2n) is 6.86. The highest BCUT2D eigenvalue weighted by Gasteiger charge is 2.23. The molecule has 0 spiro atoms. The van der Waals surface area contributed by atoms with Crippen molar-refractivity contribution in [3.8, 4) is 0 Å². The van der Waals surface area contributed by atoms with E-state index in [9.17, 15) is 4.79 Å². The molecule has 0 amide bonds. The van der Waals surface area contributed by atoms with Gasteiger partial charge in [-0.1, -0.05) is 0 Å². The lowest BCUT2D eigenvalue weighted by atomic mass is 10.0. The van der Waals surface area contributed by atoms with Crippen LogP contribution < -0.4 is 4.90 Å². The minimum Gasteiger partial charge on any atom is -0.465 e. The van der Waals surface area contributed by atoms with Crippen molar-refractivity contribution in [2.45, 2.75) is 13.0 Å². The molecular formula is C21H17BrN4O2. The highest BCUT2D eigenvalue weighted by atomic mass is 79.9. The van der Waals surface area contributed by atoms with Crippen LogP contribution in [-0.2, 0) is 17.7 Å². The number of carbonyl (C=O) groups is 1. The van der Waals surface area contributed by atoms with E-state index in [0.717, 1.165) is 51.6 Å². The van der Waals surface area contributed by atoms with Crippen LogP contribution in [0.15, 0.2) is 47.2 Å². The second kappa shape index (κ2) is 6.60. The molecule has 28 heavy (non-hydrogen) atoms. The Morgan fingerprint density at radius 1 is 1.25 bits per heavy atom.